The van der Waals surface area contributed by atoms with Crippen LogP contribution < -0.4 is 10.6 Å². The van der Waals surface area contributed by atoms with Crippen molar-refractivity contribution in [3.63, 3.8) is 0 Å². The lowest BCUT2D eigenvalue weighted by molar-refractivity contribution is 0.0949. The zero-order valence-corrected chi connectivity index (χ0v) is 11.5. The highest BCUT2D eigenvalue weighted by atomic mass is 16.1. The van der Waals surface area contributed by atoms with Crippen LogP contribution in [0, 0.1) is 5.41 Å². The third kappa shape index (κ3) is 3.25. The van der Waals surface area contributed by atoms with Gasteiger partial charge in [0, 0.05) is 24.3 Å². The van der Waals surface area contributed by atoms with E-state index in [0.29, 0.717) is 0 Å². The zero-order valence-electron chi connectivity index (χ0n) is 11.5. The van der Waals surface area contributed by atoms with Crippen LogP contribution in [-0.4, -0.2) is 19.0 Å². The Morgan fingerprint density at radius 2 is 2.17 bits per heavy atom. The first-order valence-electron chi connectivity index (χ1n) is 6.61. The van der Waals surface area contributed by atoms with Crippen molar-refractivity contribution >= 4 is 11.6 Å². The summed E-state index contributed by atoms with van der Waals surface area (Å²) in [4.78, 5) is 12.0. The molecule has 2 rings (SSSR count). The van der Waals surface area contributed by atoms with E-state index in [9.17, 15) is 4.79 Å². The van der Waals surface area contributed by atoms with Crippen LogP contribution in [0.2, 0.25) is 0 Å². The number of nitrogens with one attached hydrogen (secondary N) is 2. The molecule has 2 N–H and O–H groups in total. The van der Waals surface area contributed by atoms with Gasteiger partial charge in [-0.3, -0.25) is 4.79 Å². The number of benzene rings is 1. The maximum Gasteiger partial charge on any atom is 0.251 e. The Hall–Kier alpha value is -1.51. The molecule has 1 aromatic rings. The number of carbonyl (C=O) groups is 1. The Balaban J connectivity index is 1.93. The number of hydrogen-bond acceptors (Lipinski definition) is 2. The minimum absolute atomic E-state index is 0.0238. The SMILES string of the molecule is CC(C)(C)CCNC(=O)c1ccc2c(c1)NCC2. The van der Waals surface area contributed by atoms with Crippen LogP contribution in [0.1, 0.15) is 43.1 Å². The van der Waals surface area contributed by atoms with Gasteiger partial charge in [-0.25, -0.2) is 0 Å². The summed E-state index contributed by atoms with van der Waals surface area (Å²) in [7, 11) is 0. The summed E-state index contributed by atoms with van der Waals surface area (Å²) < 4.78 is 0. The van der Waals surface area contributed by atoms with E-state index in [0.717, 1.165) is 37.2 Å². The molecule has 0 spiro atoms. The van der Waals surface area contributed by atoms with Crippen molar-refractivity contribution in [1.82, 2.24) is 5.32 Å². The van der Waals surface area contributed by atoms with Gasteiger partial charge in [0.15, 0.2) is 0 Å². The van der Waals surface area contributed by atoms with E-state index < -0.39 is 0 Å². The molecule has 1 aromatic carbocycles. The fourth-order valence-corrected chi connectivity index (χ4v) is 2.09. The zero-order chi connectivity index (χ0) is 13.2. The maximum absolute atomic E-state index is 12.0. The van der Waals surface area contributed by atoms with Crippen LogP contribution in [0.5, 0.6) is 0 Å². The highest BCUT2D eigenvalue weighted by Gasteiger charge is 2.14. The molecule has 0 saturated carbocycles. The average molecular weight is 246 g/mol. The molecule has 0 radical (unpaired) electrons. The summed E-state index contributed by atoms with van der Waals surface area (Å²) >= 11 is 0. The van der Waals surface area contributed by atoms with Crippen LogP contribution >= 0.6 is 0 Å². The van der Waals surface area contributed by atoms with E-state index in [2.05, 4.69) is 31.4 Å². The van der Waals surface area contributed by atoms with Gasteiger partial charge in [0.05, 0.1) is 0 Å². The Bertz CT molecular complexity index is 446. The van der Waals surface area contributed by atoms with E-state index in [1.54, 1.807) is 0 Å². The average Bonchev–Trinajstić information content (AvgIpc) is 2.73. The van der Waals surface area contributed by atoms with Gasteiger partial charge in [-0.15, -0.1) is 0 Å². The molecule has 1 heterocycles. The van der Waals surface area contributed by atoms with Crippen LogP contribution in [0.3, 0.4) is 0 Å². The summed E-state index contributed by atoms with van der Waals surface area (Å²) in [6.45, 7) is 8.24. The molecule has 0 bridgehead atoms. The third-order valence-electron chi connectivity index (χ3n) is 3.24. The second-order valence-corrected chi connectivity index (χ2v) is 6.12. The fraction of sp³-hybridized carbons (Fsp3) is 0.533. The molecule has 1 aliphatic rings. The number of amides is 1. The second kappa shape index (κ2) is 5.01. The standard InChI is InChI=1S/C15H22N2O/c1-15(2,3)7-9-17-14(18)12-5-4-11-6-8-16-13(11)10-12/h4-5,10,16H,6-9H2,1-3H3,(H,17,18). The molecule has 1 amide bonds. The molecule has 0 aromatic heterocycles. The number of hydrogen-bond donors (Lipinski definition) is 2. The smallest absolute Gasteiger partial charge is 0.251 e. The van der Waals surface area contributed by atoms with E-state index in [4.69, 9.17) is 0 Å². The van der Waals surface area contributed by atoms with Crippen LogP contribution in [0.4, 0.5) is 5.69 Å². The molecule has 0 unspecified atom stereocenters. The van der Waals surface area contributed by atoms with Crippen LogP contribution in [0.25, 0.3) is 0 Å². The molecular formula is C15H22N2O. The molecule has 1 aliphatic heterocycles. The summed E-state index contributed by atoms with van der Waals surface area (Å²) in [6.07, 6.45) is 2.04. The van der Waals surface area contributed by atoms with Gasteiger partial charge in [-0.05, 0) is 36.0 Å². The molecule has 0 aliphatic carbocycles. The monoisotopic (exact) mass is 246 g/mol. The second-order valence-electron chi connectivity index (χ2n) is 6.12. The molecule has 3 nitrogen and oxygen atoms in total. The Morgan fingerprint density at radius 3 is 2.89 bits per heavy atom. The van der Waals surface area contributed by atoms with Crippen molar-refractivity contribution in [3.05, 3.63) is 29.3 Å². The Labute approximate surface area is 109 Å². The first-order valence-corrected chi connectivity index (χ1v) is 6.61. The van der Waals surface area contributed by atoms with Gasteiger partial charge >= 0.3 is 0 Å². The molecule has 3 heteroatoms. The number of anilines is 1. The lowest BCUT2D eigenvalue weighted by atomic mass is 9.92. The van der Waals surface area contributed by atoms with Crippen molar-refractivity contribution in [1.29, 1.82) is 0 Å². The number of rotatable bonds is 3. The van der Waals surface area contributed by atoms with Crippen LogP contribution in [-0.2, 0) is 6.42 Å². The van der Waals surface area contributed by atoms with Gasteiger partial charge in [0.2, 0.25) is 0 Å². The van der Waals surface area contributed by atoms with E-state index in [1.807, 2.05) is 18.2 Å². The largest absolute Gasteiger partial charge is 0.384 e. The predicted octanol–water partition coefficient (Wildman–Crippen LogP) is 2.82. The van der Waals surface area contributed by atoms with Gasteiger partial charge in [0.1, 0.15) is 0 Å². The van der Waals surface area contributed by atoms with Crippen molar-refractivity contribution in [3.8, 4) is 0 Å². The van der Waals surface area contributed by atoms with Crippen molar-refractivity contribution in [2.24, 2.45) is 5.41 Å². The normalized spacial score (nSPS) is 13.9. The van der Waals surface area contributed by atoms with E-state index in [-0.39, 0.29) is 11.3 Å². The van der Waals surface area contributed by atoms with Gasteiger partial charge in [-0.1, -0.05) is 26.8 Å². The van der Waals surface area contributed by atoms with Crippen molar-refractivity contribution < 1.29 is 4.79 Å². The first-order chi connectivity index (χ1) is 8.46. The van der Waals surface area contributed by atoms with E-state index in [1.165, 1.54) is 5.56 Å². The fourth-order valence-electron chi connectivity index (χ4n) is 2.09. The molecule has 0 saturated heterocycles. The van der Waals surface area contributed by atoms with Gasteiger partial charge in [0.25, 0.3) is 5.91 Å². The first kappa shape index (κ1) is 12.9. The molecule has 18 heavy (non-hydrogen) atoms. The summed E-state index contributed by atoms with van der Waals surface area (Å²) in [5.41, 5.74) is 3.42. The van der Waals surface area contributed by atoms with Crippen molar-refractivity contribution in [2.75, 3.05) is 18.4 Å². The van der Waals surface area contributed by atoms with Crippen molar-refractivity contribution in [2.45, 2.75) is 33.6 Å². The van der Waals surface area contributed by atoms with Gasteiger partial charge in [-0.2, -0.15) is 0 Å². The Kier molecular flexibility index (Phi) is 3.60. The third-order valence-corrected chi connectivity index (χ3v) is 3.24. The lowest BCUT2D eigenvalue weighted by Crippen LogP contribution is -2.27. The highest BCUT2D eigenvalue weighted by Crippen LogP contribution is 2.23. The van der Waals surface area contributed by atoms with Gasteiger partial charge < -0.3 is 10.6 Å². The Morgan fingerprint density at radius 1 is 1.39 bits per heavy atom. The summed E-state index contributed by atoms with van der Waals surface area (Å²) in [5, 5.41) is 6.28. The quantitative estimate of drug-likeness (QED) is 0.861. The minimum Gasteiger partial charge on any atom is -0.384 e. The van der Waals surface area contributed by atoms with Crippen LogP contribution in [0.15, 0.2) is 18.2 Å². The molecule has 0 fully saturated rings. The maximum atomic E-state index is 12.0. The molecule has 0 atom stereocenters. The highest BCUT2D eigenvalue weighted by molar-refractivity contribution is 5.95. The minimum atomic E-state index is 0.0238. The summed E-state index contributed by atoms with van der Waals surface area (Å²) in [5.74, 6) is 0.0238. The predicted molar refractivity (Wildman–Crippen MR) is 75.0 cm³/mol. The molecular weight excluding hydrogens is 224 g/mol. The number of carbonyl (C=O) groups excluding carboxylic acids is 1. The lowest BCUT2D eigenvalue weighted by Gasteiger charge is -2.18. The molecule has 98 valence electrons. The van der Waals surface area contributed by atoms with E-state index >= 15 is 0 Å². The topological polar surface area (TPSA) is 41.1 Å². The number of fused-ring (bicyclic) bond motifs is 1. The summed E-state index contributed by atoms with van der Waals surface area (Å²) in [6, 6.07) is 5.92.